The highest BCUT2D eigenvalue weighted by Gasteiger charge is 2.57. The molecule has 1 unspecified atom stereocenters. The molecule has 0 saturated carbocycles. The lowest BCUT2D eigenvalue weighted by Crippen LogP contribution is -2.44. The molecule has 4 atom stereocenters. The third-order valence-corrected chi connectivity index (χ3v) is 3.95. The van der Waals surface area contributed by atoms with E-state index in [-0.39, 0.29) is 0 Å². The maximum absolute atomic E-state index is 12.3. The molecule has 98 valence electrons. The molecule has 1 aliphatic rings. The highest BCUT2D eigenvalue weighted by atomic mass is 79.9. The highest BCUT2D eigenvalue weighted by Crippen LogP contribution is 2.39. The van der Waals surface area contributed by atoms with E-state index in [1.165, 1.54) is 0 Å². The Hall–Kier alpha value is -0.790. The molecule has 0 amide bonds. The summed E-state index contributed by atoms with van der Waals surface area (Å²) in [6, 6.07) is 8.30. The fourth-order valence-electron chi connectivity index (χ4n) is 1.90. The van der Waals surface area contributed by atoms with Gasteiger partial charge >= 0.3 is 0 Å². The predicted molar refractivity (Wildman–Crippen MR) is 66.4 cm³/mol. The predicted octanol–water partition coefficient (Wildman–Crippen LogP) is 0.0734. The summed E-state index contributed by atoms with van der Waals surface area (Å²) in [7, 11) is 0. The van der Waals surface area contributed by atoms with E-state index in [0.29, 0.717) is 5.56 Å². The summed E-state index contributed by atoms with van der Waals surface area (Å²) < 4.78 is 3.53. The van der Waals surface area contributed by atoms with Gasteiger partial charge in [0.25, 0.3) is 0 Å². The summed E-state index contributed by atoms with van der Waals surface area (Å²) >= 11 is 3.04. The number of hydrogen-bond donors (Lipinski definition) is 3. The monoisotopic (exact) mass is 316 g/mol. The Labute approximate surface area is 112 Å². The van der Waals surface area contributed by atoms with Crippen LogP contribution >= 0.6 is 15.9 Å². The molecule has 2 rings (SSSR count). The number of carbonyl (C=O) groups excluding carboxylic acids is 1. The molecule has 18 heavy (non-hydrogen) atoms. The summed E-state index contributed by atoms with van der Waals surface area (Å²) in [5.41, 5.74) is 0.346. The molecule has 1 heterocycles. The highest BCUT2D eigenvalue weighted by molar-refractivity contribution is 9.10. The summed E-state index contributed by atoms with van der Waals surface area (Å²) in [6.45, 7) is -0.479. The zero-order valence-electron chi connectivity index (χ0n) is 9.36. The zero-order chi connectivity index (χ0) is 13.3. The first-order valence-corrected chi connectivity index (χ1v) is 6.23. The van der Waals surface area contributed by atoms with E-state index in [1.54, 1.807) is 30.3 Å². The van der Waals surface area contributed by atoms with Crippen LogP contribution in [0.1, 0.15) is 10.4 Å². The number of hydrogen-bond acceptors (Lipinski definition) is 5. The smallest absolute Gasteiger partial charge is 0.214 e. The average Bonchev–Trinajstić information content (AvgIpc) is 2.64. The first-order chi connectivity index (χ1) is 8.50. The Balaban J connectivity index is 2.30. The van der Waals surface area contributed by atoms with Gasteiger partial charge < -0.3 is 20.1 Å². The van der Waals surface area contributed by atoms with Crippen LogP contribution < -0.4 is 0 Å². The number of benzene rings is 1. The largest absolute Gasteiger partial charge is 0.394 e. The van der Waals surface area contributed by atoms with E-state index in [1.807, 2.05) is 0 Å². The van der Waals surface area contributed by atoms with Gasteiger partial charge in [-0.05, 0) is 15.9 Å². The van der Waals surface area contributed by atoms with Crippen molar-refractivity contribution in [3.8, 4) is 0 Å². The third kappa shape index (κ3) is 2.10. The molecule has 0 spiro atoms. The minimum absolute atomic E-state index is 0.346. The second-order valence-corrected chi connectivity index (χ2v) is 5.29. The van der Waals surface area contributed by atoms with Crippen LogP contribution in [-0.4, -0.2) is 50.5 Å². The standard InChI is InChI=1S/C12H13BrO5/c13-12(10(16)7-4-2-1-3-5-7)11(17)9(15)8(6-14)18-12/h1-5,8-9,11,14-15,17H,6H2/t8-,9-,11-,12?/m1/s1. The van der Waals surface area contributed by atoms with Crippen LogP contribution in [0.5, 0.6) is 0 Å². The maximum atomic E-state index is 12.3. The van der Waals surface area contributed by atoms with Gasteiger partial charge in [0.05, 0.1) is 6.61 Å². The molecular weight excluding hydrogens is 304 g/mol. The maximum Gasteiger partial charge on any atom is 0.214 e. The van der Waals surface area contributed by atoms with Gasteiger partial charge in [0, 0.05) is 5.56 Å². The van der Waals surface area contributed by atoms with Crippen LogP contribution in [0, 0.1) is 0 Å². The molecule has 5 nitrogen and oxygen atoms in total. The van der Waals surface area contributed by atoms with E-state index in [0.717, 1.165) is 0 Å². The Morgan fingerprint density at radius 2 is 1.94 bits per heavy atom. The van der Waals surface area contributed by atoms with E-state index >= 15 is 0 Å². The first kappa shape index (κ1) is 13.6. The van der Waals surface area contributed by atoms with Gasteiger partial charge in [-0.3, -0.25) is 4.79 Å². The van der Waals surface area contributed by atoms with Crippen LogP contribution in [0.4, 0.5) is 0 Å². The summed E-state index contributed by atoms with van der Waals surface area (Å²) in [6.07, 6.45) is -3.75. The number of rotatable bonds is 3. The number of ketones is 1. The van der Waals surface area contributed by atoms with Gasteiger partial charge in [-0.1, -0.05) is 30.3 Å². The molecule has 1 fully saturated rings. The molecule has 1 aliphatic heterocycles. The lowest BCUT2D eigenvalue weighted by Gasteiger charge is -2.23. The van der Waals surface area contributed by atoms with E-state index in [9.17, 15) is 15.0 Å². The molecule has 0 radical (unpaired) electrons. The summed E-state index contributed by atoms with van der Waals surface area (Å²) in [5.74, 6) is -0.495. The van der Waals surface area contributed by atoms with Crippen molar-refractivity contribution >= 4 is 21.7 Å². The van der Waals surface area contributed by atoms with Crippen LogP contribution in [0.25, 0.3) is 0 Å². The van der Waals surface area contributed by atoms with Crippen molar-refractivity contribution in [3.05, 3.63) is 35.9 Å². The van der Waals surface area contributed by atoms with Crippen molar-refractivity contribution in [2.75, 3.05) is 6.61 Å². The van der Waals surface area contributed by atoms with E-state index in [4.69, 9.17) is 9.84 Å². The first-order valence-electron chi connectivity index (χ1n) is 5.44. The number of Topliss-reactive ketones (excluding diaryl/α,β-unsaturated/α-hetero) is 1. The Morgan fingerprint density at radius 1 is 1.33 bits per heavy atom. The van der Waals surface area contributed by atoms with Crippen molar-refractivity contribution in [2.24, 2.45) is 0 Å². The van der Waals surface area contributed by atoms with Gasteiger partial charge in [0.15, 0.2) is 0 Å². The van der Waals surface area contributed by atoms with Gasteiger partial charge in [0.2, 0.25) is 10.3 Å². The van der Waals surface area contributed by atoms with Crippen molar-refractivity contribution in [1.29, 1.82) is 0 Å². The van der Waals surface area contributed by atoms with E-state index in [2.05, 4.69) is 15.9 Å². The number of aliphatic hydroxyl groups excluding tert-OH is 3. The lowest BCUT2D eigenvalue weighted by atomic mass is 10.00. The van der Waals surface area contributed by atoms with Crippen LogP contribution in [0.15, 0.2) is 30.3 Å². The molecule has 6 heteroatoms. The van der Waals surface area contributed by atoms with Crippen LogP contribution in [0.3, 0.4) is 0 Å². The van der Waals surface area contributed by atoms with Crippen molar-refractivity contribution in [3.63, 3.8) is 0 Å². The molecule has 1 aromatic carbocycles. The van der Waals surface area contributed by atoms with E-state index < -0.39 is 35.2 Å². The van der Waals surface area contributed by atoms with Gasteiger partial charge in [0.1, 0.15) is 18.3 Å². The Bertz CT molecular complexity index is 437. The number of aliphatic hydroxyl groups is 3. The zero-order valence-corrected chi connectivity index (χ0v) is 10.9. The molecule has 0 bridgehead atoms. The van der Waals surface area contributed by atoms with Crippen molar-refractivity contribution in [1.82, 2.24) is 0 Å². The molecular formula is C12H13BrO5. The molecule has 1 aromatic rings. The Morgan fingerprint density at radius 3 is 2.44 bits per heavy atom. The minimum atomic E-state index is -1.72. The third-order valence-electron chi connectivity index (χ3n) is 2.93. The molecule has 0 aromatic heterocycles. The van der Waals surface area contributed by atoms with Crippen LogP contribution in [-0.2, 0) is 4.74 Å². The second kappa shape index (κ2) is 5.07. The molecule has 0 aliphatic carbocycles. The van der Waals surface area contributed by atoms with Crippen molar-refractivity contribution < 1.29 is 24.9 Å². The van der Waals surface area contributed by atoms with Crippen molar-refractivity contribution in [2.45, 2.75) is 22.8 Å². The quantitative estimate of drug-likeness (QED) is 0.543. The van der Waals surface area contributed by atoms with Gasteiger partial charge in [-0.2, -0.15) is 0 Å². The lowest BCUT2D eigenvalue weighted by molar-refractivity contribution is -0.0240. The Kier molecular flexibility index (Phi) is 3.84. The average molecular weight is 317 g/mol. The van der Waals surface area contributed by atoms with Crippen LogP contribution in [0.2, 0.25) is 0 Å². The fraction of sp³-hybridized carbons (Fsp3) is 0.417. The summed E-state index contributed by atoms with van der Waals surface area (Å²) in [4.78, 5) is 12.3. The molecule has 1 saturated heterocycles. The normalized spacial score (nSPS) is 35.7. The number of alkyl halides is 1. The van der Waals surface area contributed by atoms with Gasteiger partial charge in [-0.15, -0.1) is 0 Å². The fourth-order valence-corrected chi connectivity index (χ4v) is 2.64. The van der Waals surface area contributed by atoms with Gasteiger partial charge in [-0.25, -0.2) is 0 Å². The number of carbonyl (C=O) groups is 1. The number of ether oxygens (including phenoxy) is 1. The SMILES string of the molecule is O=C(c1ccccc1)C1(Br)O[C@H](CO)[C@@H](O)[C@H]1O. The summed E-state index contributed by atoms with van der Waals surface area (Å²) in [5, 5.41) is 28.6. The second-order valence-electron chi connectivity index (χ2n) is 4.11. The number of halogens is 1. The molecule has 3 N–H and O–H groups in total. The minimum Gasteiger partial charge on any atom is -0.394 e. The topological polar surface area (TPSA) is 87.0 Å².